The molecule has 17 heavy (non-hydrogen) atoms. The third-order valence-electron chi connectivity index (χ3n) is 2.20. The average molecular weight is 244 g/mol. The fourth-order valence-corrected chi connectivity index (χ4v) is 1.49. The van der Waals surface area contributed by atoms with Crippen molar-refractivity contribution in [2.24, 2.45) is 0 Å². The van der Waals surface area contributed by atoms with E-state index in [4.69, 9.17) is 0 Å². The Bertz CT molecular complexity index is 554. The molecular weight excluding hydrogens is 239 g/mol. The lowest BCUT2D eigenvalue weighted by Crippen LogP contribution is -1.95. The zero-order chi connectivity index (χ0) is 12.6. The van der Waals surface area contributed by atoms with Crippen molar-refractivity contribution in [1.82, 2.24) is 0 Å². The van der Waals surface area contributed by atoms with E-state index in [1.165, 1.54) is 0 Å². The molecule has 0 fully saturated rings. The van der Waals surface area contributed by atoms with Crippen LogP contribution in [0.2, 0.25) is 0 Å². The monoisotopic (exact) mass is 244 g/mol. The van der Waals surface area contributed by atoms with Gasteiger partial charge in [-0.3, -0.25) is 0 Å². The first-order valence-electron chi connectivity index (χ1n) is 4.59. The Balaban J connectivity index is 2.72. The lowest BCUT2D eigenvalue weighted by atomic mass is 10.0. The number of hydrogen-bond acceptors (Lipinski definition) is 0. The average Bonchev–Trinajstić information content (AvgIpc) is 2.21. The predicted octanol–water partition coefficient (Wildman–Crippen LogP) is 4.05. The summed E-state index contributed by atoms with van der Waals surface area (Å²) >= 11 is 0. The van der Waals surface area contributed by atoms with Gasteiger partial charge >= 0.3 is 0 Å². The SMILES string of the molecule is Fc1cc(F)c(-c2cc(F)ccc2F)c(F)c1. The molecule has 0 aromatic heterocycles. The molecule has 2 rings (SSSR count). The second-order valence-corrected chi connectivity index (χ2v) is 3.37. The maximum Gasteiger partial charge on any atom is 0.136 e. The minimum absolute atomic E-state index is 0.406. The van der Waals surface area contributed by atoms with Gasteiger partial charge in [0.25, 0.3) is 0 Å². The van der Waals surface area contributed by atoms with Crippen LogP contribution in [-0.2, 0) is 0 Å². The molecule has 0 N–H and O–H groups in total. The van der Waals surface area contributed by atoms with Gasteiger partial charge in [-0.25, -0.2) is 22.0 Å². The molecule has 0 radical (unpaired) electrons. The molecule has 0 aliphatic heterocycles. The zero-order valence-corrected chi connectivity index (χ0v) is 8.28. The highest BCUT2D eigenvalue weighted by Crippen LogP contribution is 2.29. The first kappa shape index (κ1) is 11.6. The summed E-state index contributed by atoms with van der Waals surface area (Å²) in [5.41, 5.74) is -1.37. The van der Waals surface area contributed by atoms with E-state index in [-0.39, 0.29) is 0 Å². The van der Waals surface area contributed by atoms with Crippen LogP contribution in [0.15, 0.2) is 30.3 Å². The second-order valence-electron chi connectivity index (χ2n) is 3.37. The lowest BCUT2D eigenvalue weighted by molar-refractivity contribution is 0.544. The fraction of sp³-hybridized carbons (Fsp3) is 0. The van der Waals surface area contributed by atoms with E-state index in [2.05, 4.69) is 0 Å². The lowest BCUT2D eigenvalue weighted by Gasteiger charge is -2.06. The topological polar surface area (TPSA) is 0 Å². The summed E-state index contributed by atoms with van der Waals surface area (Å²) in [6.07, 6.45) is 0. The summed E-state index contributed by atoms with van der Waals surface area (Å²) < 4.78 is 65.5. The normalized spacial score (nSPS) is 10.6. The van der Waals surface area contributed by atoms with Gasteiger partial charge in [-0.2, -0.15) is 0 Å². The molecule has 0 aliphatic carbocycles. The molecule has 5 heteroatoms. The maximum atomic E-state index is 13.3. The Hall–Kier alpha value is -1.91. The van der Waals surface area contributed by atoms with E-state index in [1.54, 1.807) is 0 Å². The Kier molecular flexibility index (Phi) is 2.83. The molecule has 0 amide bonds. The highest BCUT2D eigenvalue weighted by molar-refractivity contribution is 5.65. The summed E-state index contributed by atoms with van der Waals surface area (Å²) in [5, 5.41) is 0. The van der Waals surface area contributed by atoms with Gasteiger partial charge < -0.3 is 0 Å². The van der Waals surface area contributed by atoms with Crippen molar-refractivity contribution < 1.29 is 22.0 Å². The van der Waals surface area contributed by atoms with Gasteiger partial charge in [0.1, 0.15) is 29.1 Å². The van der Waals surface area contributed by atoms with Gasteiger partial charge in [0, 0.05) is 17.7 Å². The van der Waals surface area contributed by atoms with Crippen molar-refractivity contribution in [3.05, 3.63) is 59.4 Å². The van der Waals surface area contributed by atoms with Crippen molar-refractivity contribution in [2.45, 2.75) is 0 Å². The second kappa shape index (κ2) is 4.16. The van der Waals surface area contributed by atoms with Crippen LogP contribution >= 0.6 is 0 Å². The van der Waals surface area contributed by atoms with E-state index in [0.717, 1.165) is 12.1 Å². The van der Waals surface area contributed by atoms with E-state index in [0.29, 0.717) is 18.2 Å². The summed E-state index contributed by atoms with van der Waals surface area (Å²) in [4.78, 5) is 0. The Morgan fingerprint density at radius 3 is 1.76 bits per heavy atom. The summed E-state index contributed by atoms with van der Waals surface area (Å²) in [5.74, 6) is -5.53. The van der Waals surface area contributed by atoms with Gasteiger partial charge in [-0.1, -0.05) is 0 Å². The summed E-state index contributed by atoms with van der Waals surface area (Å²) in [6, 6.07) is 3.02. The molecule has 0 spiro atoms. The molecule has 2 aromatic carbocycles. The van der Waals surface area contributed by atoms with Crippen LogP contribution in [0.3, 0.4) is 0 Å². The molecule has 0 heterocycles. The quantitative estimate of drug-likeness (QED) is 0.664. The fourth-order valence-electron chi connectivity index (χ4n) is 1.49. The molecule has 0 aliphatic rings. The highest BCUT2D eigenvalue weighted by Gasteiger charge is 2.17. The Labute approximate surface area is 93.3 Å². The van der Waals surface area contributed by atoms with Crippen LogP contribution in [0.5, 0.6) is 0 Å². The maximum absolute atomic E-state index is 13.3. The number of halogens is 5. The van der Waals surface area contributed by atoms with E-state index >= 15 is 0 Å². The first-order valence-corrected chi connectivity index (χ1v) is 4.59. The van der Waals surface area contributed by atoms with Crippen molar-refractivity contribution in [3.8, 4) is 11.1 Å². The van der Waals surface area contributed by atoms with Crippen LogP contribution in [-0.4, -0.2) is 0 Å². The van der Waals surface area contributed by atoms with Crippen molar-refractivity contribution in [2.75, 3.05) is 0 Å². The largest absolute Gasteiger partial charge is 0.207 e. The smallest absolute Gasteiger partial charge is 0.136 e. The van der Waals surface area contributed by atoms with Crippen LogP contribution in [0.1, 0.15) is 0 Å². The molecule has 2 aromatic rings. The molecule has 0 atom stereocenters. The minimum atomic E-state index is -1.29. The third kappa shape index (κ3) is 2.13. The molecule has 0 unspecified atom stereocenters. The Morgan fingerprint density at radius 2 is 1.18 bits per heavy atom. The van der Waals surface area contributed by atoms with Crippen molar-refractivity contribution in [3.63, 3.8) is 0 Å². The van der Waals surface area contributed by atoms with Crippen LogP contribution < -0.4 is 0 Å². The third-order valence-corrected chi connectivity index (χ3v) is 2.20. The van der Waals surface area contributed by atoms with Gasteiger partial charge in [-0.05, 0) is 18.2 Å². The van der Waals surface area contributed by atoms with Gasteiger partial charge in [0.2, 0.25) is 0 Å². The first-order chi connectivity index (χ1) is 7.99. The highest BCUT2D eigenvalue weighted by atomic mass is 19.2. The molecule has 0 nitrogen and oxygen atoms in total. The summed E-state index contributed by atoms with van der Waals surface area (Å²) in [6.45, 7) is 0. The number of benzene rings is 2. The molecular formula is C12H5F5. The molecule has 0 bridgehead atoms. The minimum Gasteiger partial charge on any atom is -0.207 e. The standard InChI is InChI=1S/C12H5F5/c13-6-1-2-9(15)8(3-6)12-10(16)4-7(14)5-11(12)17/h1-5H. The van der Waals surface area contributed by atoms with E-state index in [9.17, 15) is 22.0 Å². The summed E-state index contributed by atoms with van der Waals surface area (Å²) in [7, 11) is 0. The molecule has 0 saturated heterocycles. The van der Waals surface area contributed by atoms with Crippen molar-refractivity contribution in [1.29, 1.82) is 0 Å². The van der Waals surface area contributed by atoms with Crippen LogP contribution in [0.25, 0.3) is 11.1 Å². The zero-order valence-electron chi connectivity index (χ0n) is 8.28. The number of rotatable bonds is 1. The number of hydrogen-bond donors (Lipinski definition) is 0. The van der Waals surface area contributed by atoms with Crippen LogP contribution in [0.4, 0.5) is 22.0 Å². The van der Waals surface area contributed by atoms with Gasteiger partial charge in [-0.15, -0.1) is 0 Å². The van der Waals surface area contributed by atoms with Gasteiger partial charge in [0.15, 0.2) is 0 Å². The van der Waals surface area contributed by atoms with Crippen LogP contribution in [0, 0.1) is 29.1 Å². The Morgan fingerprint density at radius 1 is 0.588 bits per heavy atom. The molecule has 0 saturated carbocycles. The predicted molar refractivity (Wildman–Crippen MR) is 51.7 cm³/mol. The van der Waals surface area contributed by atoms with E-state index in [1.807, 2.05) is 0 Å². The molecule has 88 valence electrons. The van der Waals surface area contributed by atoms with Crippen molar-refractivity contribution >= 4 is 0 Å². The van der Waals surface area contributed by atoms with Gasteiger partial charge in [0.05, 0.1) is 5.56 Å². The van der Waals surface area contributed by atoms with E-state index < -0.39 is 40.2 Å².